The highest BCUT2D eigenvalue weighted by atomic mass is 19.4. The van der Waals surface area contributed by atoms with Crippen molar-refractivity contribution in [1.82, 2.24) is 0 Å². The molecule has 0 spiro atoms. The van der Waals surface area contributed by atoms with E-state index in [9.17, 15) is 13.2 Å². The lowest BCUT2D eigenvalue weighted by atomic mass is 10.1. The molecule has 0 N–H and O–H groups in total. The van der Waals surface area contributed by atoms with Gasteiger partial charge in [0.15, 0.2) is 0 Å². The molecule has 4 heteroatoms. The Kier molecular flexibility index (Phi) is 9.08. The van der Waals surface area contributed by atoms with Gasteiger partial charge in [0.05, 0.1) is 17.2 Å². The van der Waals surface area contributed by atoms with Crippen LogP contribution in [0.2, 0.25) is 0 Å². The Morgan fingerprint density at radius 1 is 1.06 bits per heavy atom. The molecule has 0 amide bonds. The van der Waals surface area contributed by atoms with Gasteiger partial charge < -0.3 is 0 Å². The number of aryl methyl sites for hydroxylation is 1. The topological polar surface area (TPSA) is 23.8 Å². The molecular formula is C13H18F3N. The van der Waals surface area contributed by atoms with Gasteiger partial charge in [0.2, 0.25) is 0 Å². The first-order chi connectivity index (χ1) is 7.95. The first-order valence-corrected chi connectivity index (χ1v) is 5.53. The van der Waals surface area contributed by atoms with Crippen molar-refractivity contribution in [2.45, 2.75) is 40.8 Å². The van der Waals surface area contributed by atoms with Gasteiger partial charge in [-0.15, -0.1) is 0 Å². The summed E-state index contributed by atoms with van der Waals surface area (Å²) in [5.41, 5.74) is -0.372. The lowest BCUT2D eigenvalue weighted by Crippen LogP contribution is -2.07. The van der Waals surface area contributed by atoms with Crippen LogP contribution in [0.3, 0.4) is 0 Å². The SMILES string of the molecule is CC.CC.Cc1cc(C#N)ccc1C(F)(F)F. The van der Waals surface area contributed by atoms with Crippen LogP contribution in [0.5, 0.6) is 0 Å². The zero-order valence-corrected chi connectivity index (χ0v) is 10.8. The lowest BCUT2D eigenvalue weighted by Gasteiger charge is -2.09. The first kappa shape index (κ1) is 17.9. The fraction of sp³-hybridized carbons (Fsp3) is 0.462. The van der Waals surface area contributed by atoms with Gasteiger partial charge in [-0.05, 0) is 30.7 Å². The van der Waals surface area contributed by atoms with Crippen molar-refractivity contribution in [1.29, 1.82) is 5.26 Å². The number of nitriles is 1. The summed E-state index contributed by atoms with van der Waals surface area (Å²) in [6.45, 7) is 9.34. The summed E-state index contributed by atoms with van der Waals surface area (Å²) < 4.78 is 36.6. The van der Waals surface area contributed by atoms with Crippen molar-refractivity contribution in [2.24, 2.45) is 0 Å². The van der Waals surface area contributed by atoms with Gasteiger partial charge in [-0.1, -0.05) is 27.7 Å². The van der Waals surface area contributed by atoms with E-state index in [1.165, 1.54) is 13.0 Å². The van der Waals surface area contributed by atoms with Gasteiger partial charge in [-0.2, -0.15) is 18.4 Å². The third-order valence-electron chi connectivity index (χ3n) is 1.66. The van der Waals surface area contributed by atoms with E-state index in [1.807, 2.05) is 27.7 Å². The Balaban J connectivity index is 0. The Morgan fingerprint density at radius 3 is 1.82 bits per heavy atom. The predicted octanol–water partition coefficient (Wildman–Crippen LogP) is 4.94. The highest BCUT2D eigenvalue weighted by Gasteiger charge is 2.31. The summed E-state index contributed by atoms with van der Waals surface area (Å²) >= 11 is 0. The van der Waals surface area contributed by atoms with Crippen molar-refractivity contribution in [3.8, 4) is 6.07 Å². The van der Waals surface area contributed by atoms with Gasteiger partial charge >= 0.3 is 6.18 Å². The maximum absolute atomic E-state index is 12.2. The molecule has 0 saturated carbocycles. The molecule has 0 atom stereocenters. The van der Waals surface area contributed by atoms with Gasteiger partial charge in [0.25, 0.3) is 0 Å². The Hall–Kier alpha value is -1.50. The molecule has 0 fully saturated rings. The van der Waals surface area contributed by atoms with Crippen LogP contribution in [0.1, 0.15) is 44.4 Å². The van der Waals surface area contributed by atoms with E-state index in [0.29, 0.717) is 0 Å². The van der Waals surface area contributed by atoms with Crippen LogP contribution in [0.4, 0.5) is 13.2 Å². The molecule has 1 aromatic rings. The summed E-state index contributed by atoms with van der Waals surface area (Å²) in [6, 6.07) is 5.09. The highest BCUT2D eigenvalue weighted by molar-refractivity contribution is 5.38. The molecule has 0 radical (unpaired) electrons. The molecule has 17 heavy (non-hydrogen) atoms. The maximum atomic E-state index is 12.2. The number of rotatable bonds is 0. The van der Waals surface area contributed by atoms with Crippen molar-refractivity contribution < 1.29 is 13.2 Å². The van der Waals surface area contributed by atoms with Crippen molar-refractivity contribution in [2.75, 3.05) is 0 Å². The molecule has 1 nitrogen and oxygen atoms in total. The van der Waals surface area contributed by atoms with Crippen LogP contribution in [-0.2, 0) is 6.18 Å². The molecule has 1 aromatic carbocycles. The number of alkyl halides is 3. The van der Waals surface area contributed by atoms with E-state index in [0.717, 1.165) is 12.1 Å². The van der Waals surface area contributed by atoms with Crippen LogP contribution in [-0.4, -0.2) is 0 Å². The summed E-state index contributed by atoms with van der Waals surface area (Å²) in [5, 5.41) is 8.42. The van der Waals surface area contributed by atoms with E-state index in [-0.39, 0.29) is 11.1 Å². The van der Waals surface area contributed by atoms with E-state index in [2.05, 4.69) is 0 Å². The second kappa shape index (κ2) is 8.63. The molecule has 0 unspecified atom stereocenters. The van der Waals surface area contributed by atoms with E-state index in [1.54, 1.807) is 6.07 Å². The minimum absolute atomic E-state index is 0.0755. The molecule has 0 aliphatic heterocycles. The molecule has 0 saturated heterocycles. The largest absolute Gasteiger partial charge is 0.416 e. The molecule has 1 rings (SSSR count). The summed E-state index contributed by atoms with van der Waals surface area (Å²) in [4.78, 5) is 0. The fourth-order valence-corrected chi connectivity index (χ4v) is 1.05. The van der Waals surface area contributed by atoms with Gasteiger partial charge in [-0.25, -0.2) is 0 Å². The first-order valence-electron chi connectivity index (χ1n) is 5.53. The van der Waals surface area contributed by atoms with Crippen molar-refractivity contribution in [3.05, 3.63) is 34.9 Å². The maximum Gasteiger partial charge on any atom is 0.416 e. The summed E-state index contributed by atoms with van der Waals surface area (Å²) in [5.74, 6) is 0. The normalized spacial score (nSPS) is 9.12. The summed E-state index contributed by atoms with van der Waals surface area (Å²) in [6.07, 6.45) is -4.34. The molecule has 0 bridgehead atoms. The highest BCUT2D eigenvalue weighted by Crippen LogP contribution is 2.31. The molecule has 0 aromatic heterocycles. The molecule has 0 aliphatic carbocycles. The second-order valence-corrected chi connectivity index (χ2v) is 2.64. The molecule has 0 aliphatic rings. The standard InChI is InChI=1S/C9H6F3N.2C2H6/c1-6-4-7(5-13)2-3-8(6)9(10,11)12;2*1-2/h2-4H,1H3;2*1-2H3. The Labute approximate surface area is 101 Å². The third kappa shape index (κ3) is 5.96. The smallest absolute Gasteiger partial charge is 0.192 e. The third-order valence-corrected chi connectivity index (χ3v) is 1.66. The number of benzene rings is 1. The fourth-order valence-electron chi connectivity index (χ4n) is 1.05. The van der Waals surface area contributed by atoms with E-state index >= 15 is 0 Å². The minimum atomic E-state index is -4.34. The summed E-state index contributed by atoms with van der Waals surface area (Å²) in [7, 11) is 0. The average Bonchev–Trinajstić information content (AvgIpc) is 2.32. The Bertz CT molecular complexity index is 362. The van der Waals surface area contributed by atoms with Crippen LogP contribution in [0.25, 0.3) is 0 Å². The quantitative estimate of drug-likeness (QED) is 0.635. The average molecular weight is 245 g/mol. The van der Waals surface area contributed by atoms with Crippen molar-refractivity contribution in [3.63, 3.8) is 0 Å². The zero-order valence-electron chi connectivity index (χ0n) is 10.8. The zero-order chi connectivity index (χ0) is 14.1. The van der Waals surface area contributed by atoms with Crippen LogP contribution >= 0.6 is 0 Å². The van der Waals surface area contributed by atoms with E-state index in [4.69, 9.17) is 5.26 Å². The van der Waals surface area contributed by atoms with Gasteiger partial charge in [-0.3, -0.25) is 0 Å². The number of halogens is 3. The van der Waals surface area contributed by atoms with Crippen LogP contribution < -0.4 is 0 Å². The molecular weight excluding hydrogens is 227 g/mol. The van der Waals surface area contributed by atoms with Crippen LogP contribution in [0, 0.1) is 18.3 Å². The Morgan fingerprint density at radius 2 is 1.53 bits per heavy atom. The van der Waals surface area contributed by atoms with Crippen LogP contribution in [0.15, 0.2) is 18.2 Å². The number of hydrogen-bond donors (Lipinski definition) is 0. The molecule has 0 heterocycles. The van der Waals surface area contributed by atoms with Crippen molar-refractivity contribution >= 4 is 0 Å². The molecule has 96 valence electrons. The van der Waals surface area contributed by atoms with Gasteiger partial charge in [0, 0.05) is 0 Å². The number of hydrogen-bond acceptors (Lipinski definition) is 1. The monoisotopic (exact) mass is 245 g/mol. The predicted molar refractivity (Wildman–Crippen MR) is 63.6 cm³/mol. The van der Waals surface area contributed by atoms with E-state index < -0.39 is 11.7 Å². The lowest BCUT2D eigenvalue weighted by molar-refractivity contribution is -0.138. The minimum Gasteiger partial charge on any atom is -0.192 e. The van der Waals surface area contributed by atoms with Gasteiger partial charge in [0.1, 0.15) is 0 Å². The second-order valence-electron chi connectivity index (χ2n) is 2.64. The number of nitrogens with zero attached hydrogens (tertiary/aromatic N) is 1.